The van der Waals surface area contributed by atoms with E-state index < -0.39 is 14.2 Å². The van der Waals surface area contributed by atoms with Crippen LogP contribution in [0.4, 0.5) is 0 Å². The van der Waals surface area contributed by atoms with Crippen LogP contribution in [0.2, 0.25) is 19.1 Å². The molecule has 1 aromatic rings. The second kappa shape index (κ2) is 6.10. The largest absolute Gasteiger partial charge is 0.504 e. The summed E-state index contributed by atoms with van der Waals surface area (Å²) >= 11 is 0. The Bertz CT molecular complexity index is 851. The highest BCUT2D eigenvalue weighted by atomic mass is 28.3. The quantitative estimate of drug-likeness (QED) is 0.604. The maximum Gasteiger partial charge on any atom is 0.165 e. The van der Waals surface area contributed by atoms with E-state index in [4.69, 9.17) is 4.74 Å². The van der Waals surface area contributed by atoms with Crippen molar-refractivity contribution >= 4 is 13.3 Å². The van der Waals surface area contributed by atoms with E-state index in [1.807, 2.05) is 12.1 Å². The van der Waals surface area contributed by atoms with Gasteiger partial charge in [0.05, 0.1) is 8.07 Å². The molecular formula is C23H33NO3Si. The van der Waals surface area contributed by atoms with E-state index in [0.717, 1.165) is 19.4 Å². The number of hydrogen-bond donors (Lipinski definition) is 2. The van der Waals surface area contributed by atoms with Gasteiger partial charge < -0.3 is 19.8 Å². The van der Waals surface area contributed by atoms with Crippen molar-refractivity contribution in [3.05, 3.63) is 29.3 Å². The number of likely N-dealkylation sites (N-methyl/N-ethyl adjacent to an activating group) is 1. The Hall–Kier alpha value is -1.30. The molecule has 2 heterocycles. The van der Waals surface area contributed by atoms with Gasteiger partial charge in [-0.05, 0) is 38.1 Å². The molecule has 2 N–H and O–H groups in total. The topological polar surface area (TPSA) is 52.9 Å². The van der Waals surface area contributed by atoms with Crippen LogP contribution in [0.15, 0.2) is 18.2 Å². The SMILES string of the molecule is CCCC[Si](C)(C)c1cc(O)c2c3c1C[C@@H]1[C@@H]4C=C[C@H](O)[C@H](O2)[C@]34CCN1C. The van der Waals surface area contributed by atoms with Gasteiger partial charge in [-0.3, -0.25) is 0 Å². The van der Waals surface area contributed by atoms with Crippen molar-refractivity contribution in [3.63, 3.8) is 0 Å². The number of benzene rings is 1. The van der Waals surface area contributed by atoms with E-state index in [1.165, 1.54) is 35.2 Å². The van der Waals surface area contributed by atoms with Crippen LogP contribution in [0.25, 0.3) is 0 Å². The molecule has 28 heavy (non-hydrogen) atoms. The lowest BCUT2D eigenvalue weighted by molar-refractivity contribution is -0.0452. The van der Waals surface area contributed by atoms with E-state index in [9.17, 15) is 10.2 Å². The van der Waals surface area contributed by atoms with Crippen molar-refractivity contribution in [2.75, 3.05) is 13.6 Å². The standard InChI is InChI=1S/C23H33NO3Si/c1-5-6-11-28(3,4)19-13-18(26)21-20-14(19)12-16-15-7-8-17(25)22(27-21)23(15,20)9-10-24(16)2/h7-8,13,15-17,22,25-26H,5-6,9-12H2,1-4H3/t15-,16+,17-,22-,23-/m0/s1. The van der Waals surface area contributed by atoms with Gasteiger partial charge in [0.2, 0.25) is 0 Å². The fourth-order valence-electron chi connectivity index (χ4n) is 6.68. The van der Waals surface area contributed by atoms with Gasteiger partial charge in [-0.25, -0.2) is 0 Å². The molecule has 4 nitrogen and oxygen atoms in total. The summed E-state index contributed by atoms with van der Waals surface area (Å²) in [7, 11) is 0.566. The summed E-state index contributed by atoms with van der Waals surface area (Å²) in [6.45, 7) is 8.17. The van der Waals surface area contributed by atoms with Crippen molar-refractivity contribution in [1.29, 1.82) is 0 Å². The Morgan fingerprint density at radius 3 is 2.86 bits per heavy atom. The molecular weight excluding hydrogens is 366 g/mol. The highest BCUT2D eigenvalue weighted by Crippen LogP contribution is 2.62. The third kappa shape index (κ3) is 2.24. The van der Waals surface area contributed by atoms with E-state index in [2.05, 4.69) is 38.0 Å². The van der Waals surface area contributed by atoms with Crippen LogP contribution in [-0.4, -0.2) is 55.0 Å². The Morgan fingerprint density at radius 1 is 1.32 bits per heavy atom. The first-order valence-electron chi connectivity index (χ1n) is 10.9. The molecule has 0 radical (unpaired) electrons. The van der Waals surface area contributed by atoms with Crippen molar-refractivity contribution in [1.82, 2.24) is 4.90 Å². The van der Waals surface area contributed by atoms with Crippen molar-refractivity contribution in [3.8, 4) is 11.5 Å². The highest BCUT2D eigenvalue weighted by molar-refractivity contribution is 6.90. The molecule has 0 aromatic heterocycles. The van der Waals surface area contributed by atoms with Gasteiger partial charge in [0.1, 0.15) is 12.2 Å². The minimum atomic E-state index is -1.68. The van der Waals surface area contributed by atoms with Gasteiger partial charge in [-0.1, -0.05) is 56.2 Å². The second-order valence-corrected chi connectivity index (χ2v) is 14.9. The second-order valence-electron chi connectivity index (χ2n) is 10.1. The number of phenols is 1. The average Bonchev–Trinajstić information content (AvgIpc) is 3.01. The average molecular weight is 400 g/mol. The number of aliphatic hydroxyl groups excluding tert-OH is 1. The maximum atomic E-state index is 11.0. The lowest BCUT2D eigenvalue weighted by atomic mass is 9.53. The fraction of sp³-hybridized carbons (Fsp3) is 0.652. The van der Waals surface area contributed by atoms with E-state index in [-0.39, 0.29) is 17.3 Å². The van der Waals surface area contributed by atoms with E-state index in [1.54, 1.807) is 0 Å². The highest BCUT2D eigenvalue weighted by Gasteiger charge is 2.64. The number of aromatic hydroxyl groups is 1. The Kier molecular flexibility index (Phi) is 4.07. The van der Waals surface area contributed by atoms with Gasteiger partial charge in [0.25, 0.3) is 0 Å². The number of hydrogen-bond acceptors (Lipinski definition) is 4. The van der Waals surface area contributed by atoms with E-state index in [0.29, 0.717) is 17.7 Å². The van der Waals surface area contributed by atoms with Gasteiger partial charge in [0, 0.05) is 22.9 Å². The van der Waals surface area contributed by atoms with Crippen LogP contribution in [-0.2, 0) is 11.8 Å². The predicted octanol–water partition coefficient (Wildman–Crippen LogP) is 2.91. The van der Waals surface area contributed by atoms with Crippen LogP contribution in [0.5, 0.6) is 11.5 Å². The molecule has 152 valence electrons. The molecule has 0 amide bonds. The van der Waals surface area contributed by atoms with Gasteiger partial charge in [-0.15, -0.1) is 0 Å². The first-order chi connectivity index (χ1) is 13.3. The predicted molar refractivity (Wildman–Crippen MR) is 114 cm³/mol. The number of nitrogens with zero attached hydrogens (tertiary/aromatic N) is 1. The normalized spacial score (nSPS) is 35.6. The molecule has 4 aliphatic rings. The third-order valence-electron chi connectivity index (χ3n) is 8.16. The smallest absolute Gasteiger partial charge is 0.165 e. The summed E-state index contributed by atoms with van der Waals surface area (Å²) in [6.07, 6.45) is 7.76. The number of rotatable bonds is 4. The molecule has 1 saturated heterocycles. The zero-order chi connectivity index (χ0) is 19.8. The number of likely N-dealkylation sites (tertiary alicyclic amines) is 1. The monoisotopic (exact) mass is 399 g/mol. The molecule has 5 rings (SSSR count). The van der Waals surface area contributed by atoms with Gasteiger partial charge in [-0.2, -0.15) is 0 Å². The Labute approximate surface area is 169 Å². The summed E-state index contributed by atoms with van der Waals surface area (Å²) in [5.41, 5.74) is 2.51. The first kappa shape index (κ1) is 18.7. The molecule has 2 aliphatic carbocycles. The van der Waals surface area contributed by atoms with Crippen LogP contribution in [0.1, 0.15) is 37.3 Å². The zero-order valence-electron chi connectivity index (χ0n) is 17.5. The van der Waals surface area contributed by atoms with Crippen LogP contribution >= 0.6 is 0 Å². The minimum absolute atomic E-state index is 0.184. The Balaban J connectivity index is 1.76. The van der Waals surface area contributed by atoms with Crippen molar-refractivity contribution < 1.29 is 14.9 Å². The fourth-order valence-corrected chi connectivity index (χ4v) is 9.76. The molecule has 5 heteroatoms. The summed E-state index contributed by atoms with van der Waals surface area (Å²) in [6, 6.07) is 3.72. The molecule has 1 fully saturated rings. The molecule has 1 spiro atoms. The van der Waals surface area contributed by atoms with Gasteiger partial charge in [0.15, 0.2) is 11.5 Å². The summed E-state index contributed by atoms with van der Waals surface area (Å²) in [5.74, 6) is 1.31. The minimum Gasteiger partial charge on any atom is -0.504 e. The van der Waals surface area contributed by atoms with Crippen molar-refractivity contribution in [2.24, 2.45) is 5.92 Å². The van der Waals surface area contributed by atoms with Crippen LogP contribution in [0, 0.1) is 5.92 Å². The lowest BCUT2D eigenvalue weighted by Gasteiger charge is -2.57. The lowest BCUT2D eigenvalue weighted by Crippen LogP contribution is -2.65. The van der Waals surface area contributed by atoms with Crippen molar-refractivity contribution in [2.45, 2.75) is 75.4 Å². The number of ether oxygens (including phenoxy) is 1. The Morgan fingerprint density at radius 2 is 2.11 bits per heavy atom. The molecule has 1 aromatic carbocycles. The number of unbranched alkanes of at least 4 members (excludes halogenated alkanes) is 1. The van der Waals surface area contributed by atoms with E-state index >= 15 is 0 Å². The van der Waals surface area contributed by atoms with Crippen LogP contribution in [0.3, 0.4) is 0 Å². The summed E-state index contributed by atoms with van der Waals surface area (Å²) in [4.78, 5) is 2.51. The number of phenolic OH excluding ortho intramolecular Hbond substituents is 1. The molecule has 0 saturated carbocycles. The molecule has 0 unspecified atom stereocenters. The molecule has 2 aliphatic heterocycles. The van der Waals surface area contributed by atoms with Crippen LogP contribution < -0.4 is 9.92 Å². The third-order valence-corrected chi connectivity index (χ3v) is 11.7. The summed E-state index contributed by atoms with van der Waals surface area (Å²) in [5, 5.41) is 23.2. The molecule has 5 atom stereocenters. The summed E-state index contributed by atoms with van der Waals surface area (Å²) < 4.78 is 6.35. The number of piperidine rings is 1. The zero-order valence-corrected chi connectivity index (χ0v) is 18.5. The maximum absolute atomic E-state index is 11.0. The number of aliphatic hydroxyl groups is 1. The first-order valence-corrected chi connectivity index (χ1v) is 14.1. The molecule has 2 bridgehead atoms. The van der Waals surface area contributed by atoms with Gasteiger partial charge >= 0.3 is 0 Å².